The molecule has 0 radical (unpaired) electrons. The Kier molecular flexibility index (Phi) is 9.09. The van der Waals surface area contributed by atoms with E-state index in [0.717, 1.165) is 16.0 Å². The number of carbonyl (C=O) groups is 2. The maximum absolute atomic E-state index is 13.6. The minimum absolute atomic E-state index is 0.229. The number of halogens is 3. The Labute approximate surface area is 254 Å². The Hall–Kier alpha value is -3.33. The Balaban J connectivity index is 1.34. The lowest BCUT2D eigenvalue weighted by Crippen LogP contribution is -2.19. The van der Waals surface area contributed by atoms with Gasteiger partial charge < -0.3 is 10.6 Å². The van der Waals surface area contributed by atoms with E-state index in [4.69, 9.17) is 34.8 Å². The van der Waals surface area contributed by atoms with Crippen molar-refractivity contribution in [2.24, 2.45) is 0 Å². The fraction of sp³-hybridized carbons (Fsp3) is 0.0333. The number of thiazole rings is 1. The maximum Gasteiger partial charge on any atom is 0.255 e. The largest absolute Gasteiger partial charge is 0.322 e. The number of amides is 2. The lowest BCUT2D eigenvalue weighted by atomic mass is 10.1. The number of carbonyl (C=O) groups excluding carboxylic acids is 2. The van der Waals surface area contributed by atoms with Gasteiger partial charge in [0.05, 0.1) is 10.7 Å². The molecule has 2 amide bonds. The van der Waals surface area contributed by atoms with Crippen molar-refractivity contribution in [3.05, 3.63) is 129 Å². The normalized spacial score (nSPS) is 11.6. The summed E-state index contributed by atoms with van der Waals surface area (Å²) in [5.74, 6) is -0.505. The zero-order valence-corrected chi connectivity index (χ0v) is 24.5. The van der Waals surface area contributed by atoms with Crippen molar-refractivity contribution in [3.8, 4) is 11.3 Å². The second kappa shape index (κ2) is 12.9. The molecule has 5 rings (SSSR count). The molecule has 200 valence electrons. The molecule has 0 spiro atoms. The fourth-order valence-electron chi connectivity index (χ4n) is 3.84. The molecule has 5 nitrogen and oxygen atoms in total. The van der Waals surface area contributed by atoms with Gasteiger partial charge in [0.2, 0.25) is 5.91 Å². The summed E-state index contributed by atoms with van der Waals surface area (Å²) in [6.45, 7) is 0. The molecule has 2 N–H and O–H groups in total. The molecule has 5 aromatic rings. The molecular formula is C30H20Cl3N3O2S2. The van der Waals surface area contributed by atoms with Crippen molar-refractivity contribution in [3.63, 3.8) is 0 Å². The van der Waals surface area contributed by atoms with E-state index in [1.54, 1.807) is 48.5 Å². The maximum atomic E-state index is 13.6. The van der Waals surface area contributed by atoms with Crippen LogP contribution in [-0.4, -0.2) is 16.8 Å². The number of anilines is 2. The number of rotatable bonds is 8. The Morgan fingerprint density at radius 2 is 1.57 bits per heavy atom. The molecule has 0 saturated carbocycles. The standard InChI is InChI=1S/C30H20Cl3N3O2S2/c31-20-9-4-8-19(14-20)28(37)34-22-10-5-11-23(16-22)40-27(18-6-2-1-3-7-18)29(38)36-30-35-26(17-39-30)24-13-12-21(32)15-25(24)33/h1-17,27H,(H,34,37)(H,35,36,38). The first-order chi connectivity index (χ1) is 19.4. The second-order valence-corrected chi connectivity index (χ2v) is 11.9. The van der Waals surface area contributed by atoms with Crippen molar-refractivity contribution in [2.45, 2.75) is 10.1 Å². The number of hydrogen-bond donors (Lipinski definition) is 2. The molecule has 10 heteroatoms. The average molecular weight is 625 g/mol. The first kappa shape index (κ1) is 28.2. The van der Waals surface area contributed by atoms with E-state index < -0.39 is 5.25 Å². The number of hydrogen-bond acceptors (Lipinski definition) is 5. The van der Waals surface area contributed by atoms with E-state index in [2.05, 4.69) is 15.6 Å². The van der Waals surface area contributed by atoms with Crippen molar-refractivity contribution in [2.75, 3.05) is 10.6 Å². The quantitative estimate of drug-likeness (QED) is 0.169. The van der Waals surface area contributed by atoms with Gasteiger partial charge in [0.25, 0.3) is 5.91 Å². The van der Waals surface area contributed by atoms with Gasteiger partial charge in [-0.2, -0.15) is 0 Å². The Bertz CT molecular complexity index is 1680. The first-order valence-corrected chi connectivity index (χ1v) is 14.9. The highest BCUT2D eigenvalue weighted by Crippen LogP contribution is 2.38. The van der Waals surface area contributed by atoms with E-state index >= 15 is 0 Å². The highest BCUT2D eigenvalue weighted by atomic mass is 35.5. The third kappa shape index (κ3) is 7.05. The Morgan fingerprint density at radius 3 is 2.35 bits per heavy atom. The fourth-order valence-corrected chi connectivity index (χ4v) is 6.33. The monoisotopic (exact) mass is 623 g/mol. The summed E-state index contributed by atoms with van der Waals surface area (Å²) in [6.07, 6.45) is 0. The smallest absolute Gasteiger partial charge is 0.255 e. The van der Waals surface area contributed by atoms with Gasteiger partial charge in [0.15, 0.2) is 5.13 Å². The molecule has 1 unspecified atom stereocenters. The molecular weight excluding hydrogens is 605 g/mol. The summed E-state index contributed by atoms with van der Waals surface area (Å²) in [5, 5.41) is 9.06. The van der Waals surface area contributed by atoms with Crippen molar-refractivity contribution >= 4 is 80.5 Å². The van der Waals surface area contributed by atoms with Crippen molar-refractivity contribution in [1.29, 1.82) is 0 Å². The van der Waals surface area contributed by atoms with Crippen LogP contribution in [-0.2, 0) is 4.79 Å². The predicted octanol–water partition coefficient (Wildman–Crippen LogP) is 9.49. The van der Waals surface area contributed by atoms with Gasteiger partial charge >= 0.3 is 0 Å². The molecule has 0 aliphatic heterocycles. The number of thioether (sulfide) groups is 1. The number of nitrogens with one attached hydrogen (secondary N) is 2. The van der Waals surface area contributed by atoms with Crippen LogP contribution in [0.5, 0.6) is 0 Å². The summed E-state index contributed by atoms with van der Waals surface area (Å²) in [6, 6.07) is 28.8. The summed E-state index contributed by atoms with van der Waals surface area (Å²) in [7, 11) is 0. The van der Waals surface area contributed by atoms with Crippen molar-refractivity contribution in [1.82, 2.24) is 4.98 Å². The minimum atomic E-state index is -0.577. The molecule has 1 heterocycles. The lowest BCUT2D eigenvalue weighted by molar-refractivity contribution is -0.115. The molecule has 0 aliphatic carbocycles. The Morgan fingerprint density at radius 1 is 0.800 bits per heavy atom. The van der Waals surface area contributed by atoms with Gasteiger partial charge in [-0.3, -0.25) is 9.59 Å². The minimum Gasteiger partial charge on any atom is -0.322 e. The molecule has 0 saturated heterocycles. The van der Waals surface area contributed by atoms with E-state index in [0.29, 0.717) is 37.1 Å². The van der Waals surface area contributed by atoms with E-state index in [9.17, 15) is 9.59 Å². The summed E-state index contributed by atoms with van der Waals surface area (Å²) in [4.78, 5) is 31.7. The predicted molar refractivity (Wildman–Crippen MR) is 167 cm³/mol. The average Bonchev–Trinajstić information content (AvgIpc) is 3.40. The molecule has 1 atom stereocenters. The summed E-state index contributed by atoms with van der Waals surface area (Å²) < 4.78 is 0. The van der Waals surface area contributed by atoms with Crippen LogP contribution in [0.15, 0.2) is 107 Å². The molecule has 0 aliphatic rings. The number of nitrogens with zero attached hydrogens (tertiary/aromatic N) is 1. The van der Waals surface area contributed by atoms with Gasteiger partial charge in [-0.25, -0.2) is 4.98 Å². The lowest BCUT2D eigenvalue weighted by Gasteiger charge is -2.17. The summed E-state index contributed by atoms with van der Waals surface area (Å²) >= 11 is 21.1. The van der Waals surface area contributed by atoms with E-state index in [-0.39, 0.29) is 11.8 Å². The van der Waals surface area contributed by atoms with Gasteiger partial charge in [-0.05, 0) is 60.2 Å². The molecule has 1 aromatic heterocycles. The third-order valence-electron chi connectivity index (χ3n) is 5.71. The van der Waals surface area contributed by atoms with Crippen LogP contribution in [0.1, 0.15) is 21.2 Å². The number of benzene rings is 4. The second-order valence-electron chi connectivity index (χ2n) is 8.55. The van der Waals surface area contributed by atoms with E-state index in [1.807, 2.05) is 53.9 Å². The zero-order chi connectivity index (χ0) is 28.1. The molecule has 0 bridgehead atoms. The van der Waals surface area contributed by atoms with E-state index in [1.165, 1.54) is 23.1 Å². The van der Waals surface area contributed by atoms with Gasteiger partial charge in [-0.1, -0.05) is 77.3 Å². The number of aromatic nitrogens is 1. The van der Waals surface area contributed by atoms with Gasteiger partial charge in [0, 0.05) is 37.1 Å². The third-order valence-corrected chi connectivity index (χ3v) is 8.50. The molecule has 4 aromatic carbocycles. The van der Waals surface area contributed by atoms with Gasteiger partial charge in [0.1, 0.15) is 5.25 Å². The molecule has 40 heavy (non-hydrogen) atoms. The summed E-state index contributed by atoms with van der Waals surface area (Å²) in [5.41, 5.74) is 3.26. The highest BCUT2D eigenvalue weighted by Gasteiger charge is 2.24. The van der Waals surface area contributed by atoms with Crippen LogP contribution in [0.25, 0.3) is 11.3 Å². The van der Waals surface area contributed by atoms with Crippen LogP contribution >= 0.6 is 57.9 Å². The van der Waals surface area contributed by atoms with Crippen LogP contribution in [0, 0.1) is 0 Å². The highest BCUT2D eigenvalue weighted by molar-refractivity contribution is 8.00. The van der Waals surface area contributed by atoms with Crippen LogP contribution in [0.3, 0.4) is 0 Å². The zero-order valence-electron chi connectivity index (χ0n) is 20.6. The topological polar surface area (TPSA) is 71.1 Å². The van der Waals surface area contributed by atoms with Crippen LogP contribution in [0.2, 0.25) is 15.1 Å². The van der Waals surface area contributed by atoms with Crippen LogP contribution in [0.4, 0.5) is 10.8 Å². The SMILES string of the molecule is O=C(Nc1cccc(SC(C(=O)Nc2nc(-c3ccc(Cl)cc3Cl)cs2)c2ccccc2)c1)c1cccc(Cl)c1. The van der Waals surface area contributed by atoms with Gasteiger partial charge in [-0.15, -0.1) is 23.1 Å². The first-order valence-electron chi connectivity index (χ1n) is 12.0. The van der Waals surface area contributed by atoms with Crippen molar-refractivity contribution < 1.29 is 9.59 Å². The molecule has 0 fully saturated rings. The van der Waals surface area contributed by atoms with Crippen LogP contribution < -0.4 is 10.6 Å².